The first-order valence-electron chi connectivity index (χ1n) is 9.52. The smallest absolute Gasteiger partial charge is 0.163 e. The number of aliphatic hydroxyl groups excluding tert-OH is 2. The Kier molecular flexibility index (Phi) is 5.13. The number of carbonyl (C=O) groups excluding carboxylic acids is 1. The molecule has 26 heavy (non-hydrogen) atoms. The topological polar surface area (TPSA) is 60.8 Å². The lowest BCUT2D eigenvalue weighted by Gasteiger charge is -2.34. The van der Waals surface area contributed by atoms with Gasteiger partial charge in [0, 0.05) is 30.0 Å². The van der Waals surface area contributed by atoms with E-state index in [9.17, 15) is 9.90 Å². The van der Waals surface area contributed by atoms with E-state index >= 15 is 0 Å². The normalized spacial score (nSPS) is 29.7. The minimum absolute atomic E-state index is 0.0198. The van der Waals surface area contributed by atoms with Gasteiger partial charge in [0.1, 0.15) is 0 Å². The van der Waals surface area contributed by atoms with Gasteiger partial charge in [-0.2, -0.15) is 0 Å². The van der Waals surface area contributed by atoms with Gasteiger partial charge < -0.3 is 10.2 Å². The van der Waals surface area contributed by atoms with Crippen LogP contribution >= 0.6 is 0 Å². The Morgan fingerprint density at radius 3 is 2.46 bits per heavy atom. The molecule has 2 aliphatic carbocycles. The second-order valence-electron chi connectivity index (χ2n) is 8.84. The highest BCUT2D eigenvalue weighted by Crippen LogP contribution is 2.66. The number of hydrogen-bond donors (Lipinski definition) is 2. The summed E-state index contributed by atoms with van der Waals surface area (Å²) in [5.41, 5.74) is 3.24. The summed E-state index contributed by atoms with van der Waals surface area (Å²) in [6, 6.07) is 8.27. The minimum atomic E-state index is -0.711. The summed E-state index contributed by atoms with van der Waals surface area (Å²) in [5, 5.41) is 18.5. The highest BCUT2D eigenvalue weighted by molar-refractivity contribution is 6.06. The van der Waals surface area contributed by atoms with Gasteiger partial charge in [0.15, 0.2) is 5.78 Å². The third kappa shape index (κ3) is 3.15. The van der Waals surface area contributed by atoms with E-state index in [0.29, 0.717) is 18.9 Å². The van der Waals surface area contributed by atoms with E-state index in [1.54, 1.807) is 0 Å². The van der Waals surface area contributed by atoms with Gasteiger partial charge in [-0.05, 0) is 42.5 Å². The highest BCUT2D eigenvalue weighted by atomic mass is 16.3. The van der Waals surface area contributed by atoms with E-state index in [1.165, 1.54) is 0 Å². The number of aliphatic hydroxyl groups is 2. The Bertz CT molecular complexity index is 707. The predicted molar refractivity (Wildman–Crippen MR) is 103 cm³/mol. The third-order valence-corrected chi connectivity index (χ3v) is 6.88. The molecule has 1 aromatic rings. The summed E-state index contributed by atoms with van der Waals surface area (Å²) in [6.45, 7) is 7.65. The molecule has 2 aliphatic rings. The molecule has 4 heteroatoms. The fourth-order valence-electron chi connectivity index (χ4n) is 4.81. The van der Waals surface area contributed by atoms with Crippen LogP contribution in [0.2, 0.25) is 0 Å². The molecule has 3 rings (SSSR count). The molecule has 2 saturated carbocycles. The zero-order chi connectivity index (χ0) is 19.1. The standard InChI is InChI=1S/C22H31NO3/c1-21(2)18-9-10-22(21,3)19(20(18)26)11-15-5-7-16(8-6-15)12-23(4)13-17(25)14-24/h5-8,11,17-18,24-25H,9-10,12-14H2,1-4H3/b19-11+. The van der Waals surface area contributed by atoms with E-state index < -0.39 is 6.10 Å². The fraction of sp³-hybridized carbons (Fsp3) is 0.591. The van der Waals surface area contributed by atoms with Gasteiger partial charge in [0.05, 0.1) is 12.7 Å². The number of fused-ring (bicyclic) bond motifs is 2. The largest absolute Gasteiger partial charge is 0.394 e. The number of likely N-dealkylation sites (N-methyl/N-ethyl adjacent to an activating group) is 1. The van der Waals surface area contributed by atoms with Gasteiger partial charge in [-0.1, -0.05) is 45.0 Å². The molecule has 0 aliphatic heterocycles. The molecule has 0 amide bonds. The molecule has 2 fully saturated rings. The van der Waals surface area contributed by atoms with Crippen molar-refractivity contribution in [1.29, 1.82) is 0 Å². The van der Waals surface area contributed by atoms with E-state index in [0.717, 1.165) is 29.5 Å². The monoisotopic (exact) mass is 357 g/mol. The number of hydrogen-bond acceptors (Lipinski definition) is 4. The summed E-state index contributed by atoms with van der Waals surface area (Å²) in [5.74, 6) is 0.509. The van der Waals surface area contributed by atoms with Crippen LogP contribution < -0.4 is 0 Å². The van der Waals surface area contributed by atoms with Gasteiger partial charge in [0.25, 0.3) is 0 Å². The van der Waals surface area contributed by atoms with Crippen LogP contribution in [0, 0.1) is 16.7 Å². The first-order valence-corrected chi connectivity index (χ1v) is 9.52. The van der Waals surface area contributed by atoms with Crippen LogP contribution in [0.25, 0.3) is 6.08 Å². The summed E-state index contributed by atoms with van der Waals surface area (Å²) >= 11 is 0. The number of benzene rings is 1. The maximum atomic E-state index is 12.8. The van der Waals surface area contributed by atoms with Crippen LogP contribution in [-0.4, -0.2) is 47.2 Å². The lowest BCUT2D eigenvalue weighted by atomic mass is 9.69. The first-order chi connectivity index (χ1) is 12.2. The Morgan fingerprint density at radius 1 is 1.27 bits per heavy atom. The Labute approximate surface area is 156 Å². The lowest BCUT2D eigenvalue weighted by molar-refractivity contribution is -0.119. The molecule has 3 atom stereocenters. The number of nitrogens with zero attached hydrogens (tertiary/aromatic N) is 1. The number of rotatable bonds is 6. The van der Waals surface area contributed by atoms with Crippen LogP contribution in [-0.2, 0) is 11.3 Å². The third-order valence-electron chi connectivity index (χ3n) is 6.88. The van der Waals surface area contributed by atoms with E-state index in [4.69, 9.17) is 5.11 Å². The summed E-state index contributed by atoms with van der Waals surface area (Å²) in [4.78, 5) is 14.8. The fourth-order valence-corrected chi connectivity index (χ4v) is 4.81. The molecule has 0 saturated heterocycles. The molecule has 4 nitrogen and oxygen atoms in total. The summed E-state index contributed by atoms with van der Waals surface area (Å²) in [6.07, 6.45) is 3.49. The minimum Gasteiger partial charge on any atom is -0.394 e. The zero-order valence-electron chi connectivity index (χ0n) is 16.3. The maximum Gasteiger partial charge on any atom is 0.163 e. The number of ketones is 1. The highest BCUT2D eigenvalue weighted by Gasteiger charge is 2.63. The first kappa shape index (κ1) is 19.3. The zero-order valence-corrected chi connectivity index (χ0v) is 16.3. The van der Waals surface area contributed by atoms with Crippen LogP contribution in [0.1, 0.15) is 44.7 Å². The Hall–Kier alpha value is -1.49. The maximum absolute atomic E-state index is 12.8. The quantitative estimate of drug-likeness (QED) is 0.769. The lowest BCUT2D eigenvalue weighted by Crippen LogP contribution is -2.30. The number of carbonyl (C=O) groups is 1. The van der Waals surface area contributed by atoms with E-state index in [2.05, 4.69) is 51.1 Å². The summed E-state index contributed by atoms with van der Waals surface area (Å²) in [7, 11) is 1.92. The predicted octanol–water partition coefficient (Wildman–Crippen LogP) is 2.88. The van der Waals surface area contributed by atoms with Crippen molar-refractivity contribution >= 4 is 11.9 Å². The van der Waals surface area contributed by atoms with Gasteiger partial charge in [0.2, 0.25) is 0 Å². The molecule has 0 spiro atoms. The average molecular weight is 357 g/mol. The van der Waals surface area contributed by atoms with Crippen molar-refractivity contribution in [1.82, 2.24) is 4.90 Å². The molecule has 0 heterocycles. The summed E-state index contributed by atoms with van der Waals surface area (Å²) < 4.78 is 0. The van der Waals surface area contributed by atoms with Crippen molar-refractivity contribution in [2.75, 3.05) is 20.2 Å². The van der Waals surface area contributed by atoms with Gasteiger partial charge in [-0.25, -0.2) is 0 Å². The van der Waals surface area contributed by atoms with Crippen molar-refractivity contribution in [2.24, 2.45) is 16.7 Å². The number of allylic oxidation sites excluding steroid dienone is 1. The van der Waals surface area contributed by atoms with Crippen molar-refractivity contribution in [3.05, 3.63) is 41.0 Å². The molecule has 2 bridgehead atoms. The molecular weight excluding hydrogens is 326 g/mol. The van der Waals surface area contributed by atoms with Crippen LogP contribution in [0.3, 0.4) is 0 Å². The number of Topliss-reactive ketones (excluding diaryl/α,β-unsaturated/α-hetero) is 1. The van der Waals surface area contributed by atoms with Crippen molar-refractivity contribution < 1.29 is 15.0 Å². The molecule has 0 aromatic heterocycles. The SMILES string of the molecule is CN(Cc1ccc(/C=C2\C(=O)C3CCC2(C)C3(C)C)cc1)CC(O)CO. The van der Waals surface area contributed by atoms with Crippen LogP contribution in [0.4, 0.5) is 0 Å². The van der Waals surface area contributed by atoms with Gasteiger partial charge >= 0.3 is 0 Å². The second-order valence-corrected chi connectivity index (χ2v) is 8.84. The van der Waals surface area contributed by atoms with Crippen molar-refractivity contribution in [3.63, 3.8) is 0 Å². The van der Waals surface area contributed by atoms with Crippen molar-refractivity contribution in [3.8, 4) is 0 Å². The average Bonchev–Trinajstić information content (AvgIpc) is 2.89. The van der Waals surface area contributed by atoms with E-state index in [-0.39, 0.29) is 23.4 Å². The molecule has 142 valence electrons. The Balaban J connectivity index is 1.74. The molecule has 0 radical (unpaired) electrons. The van der Waals surface area contributed by atoms with Gasteiger partial charge in [-0.3, -0.25) is 9.69 Å². The molecule has 2 N–H and O–H groups in total. The molecule has 3 unspecified atom stereocenters. The second kappa shape index (κ2) is 6.91. The van der Waals surface area contributed by atoms with E-state index in [1.807, 2.05) is 11.9 Å². The van der Waals surface area contributed by atoms with Crippen molar-refractivity contribution in [2.45, 2.75) is 46.3 Å². The van der Waals surface area contributed by atoms with Crippen LogP contribution in [0.5, 0.6) is 0 Å². The molecule has 1 aromatic carbocycles. The van der Waals surface area contributed by atoms with Crippen LogP contribution in [0.15, 0.2) is 29.8 Å². The molecular formula is C22H31NO3. The Morgan fingerprint density at radius 2 is 1.92 bits per heavy atom. The van der Waals surface area contributed by atoms with Gasteiger partial charge in [-0.15, -0.1) is 0 Å².